The van der Waals surface area contributed by atoms with E-state index in [2.05, 4.69) is 15.1 Å². The third-order valence-corrected chi connectivity index (χ3v) is 3.26. The van der Waals surface area contributed by atoms with Crippen molar-refractivity contribution in [2.75, 3.05) is 6.61 Å². The molecule has 0 radical (unpaired) electrons. The number of hydrogen-bond donors (Lipinski definition) is 1. The molecule has 1 N–H and O–H groups in total. The third-order valence-electron chi connectivity index (χ3n) is 3.26. The first-order valence-electron chi connectivity index (χ1n) is 7.22. The SMILES string of the molecule is CCOc1ccc(-c2nc(-c3ncccc3C(F)(F)F)no2)c(O)c1. The lowest BCUT2D eigenvalue weighted by atomic mass is 10.1. The summed E-state index contributed by atoms with van der Waals surface area (Å²) in [5, 5.41) is 13.6. The Morgan fingerprint density at radius 2 is 2.04 bits per heavy atom. The van der Waals surface area contributed by atoms with Gasteiger partial charge < -0.3 is 14.4 Å². The predicted molar refractivity (Wildman–Crippen MR) is 80.8 cm³/mol. The van der Waals surface area contributed by atoms with Crippen molar-refractivity contribution in [1.82, 2.24) is 15.1 Å². The zero-order chi connectivity index (χ0) is 18.0. The van der Waals surface area contributed by atoms with Crippen LogP contribution in [0.4, 0.5) is 13.2 Å². The number of hydrogen-bond acceptors (Lipinski definition) is 6. The van der Waals surface area contributed by atoms with Gasteiger partial charge in [0.15, 0.2) is 0 Å². The van der Waals surface area contributed by atoms with Crippen LogP contribution in [0.25, 0.3) is 23.0 Å². The van der Waals surface area contributed by atoms with Crippen LogP contribution in [-0.4, -0.2) is 26.8 Å². The van der Waals surface area contributed by atoms with Gasteiger partial charge in [0.05, 0.1) is 17.7 Å². The summed E-state index contributed by atoms with van der Waals surface area (Å²) in [5.74, 6) is -0.212. The molecule has 25 heavy (non-hydrogen) atoms. The van der Waals surface area contributed by atoms with Crippen molar-refractivity contribution in [2.24, 2.45) is 0 Å². The fraction of sp³-hybridized carbons (Fsp3) is 0.188. The van der Waals surface area contributed by atoms with Gasteiger partial charge in [0.25, 0.3) is 5.89 Å². The molecule has 2 aromatic heterocycles. The molecule has 6 nitrogen and oxygen atoms in total. The molecule has 0 aliphatic carbocycles. The molecular weight excluding hydrogens is 339 g/mol. The number of rotatable bonds is 4. The minimum absolute atomic E-state index is 0.130. The smallest absolute Gasteiger partial charge is 0.418 e. The molecule has 2 heterocycles. The highest BCUT2D eigenvalue weighted by atomic mass is 19.4. The van der Waals surface area contributed by atoms with Crippen molar-refractivity contribution >= 4 is 0 Å². The minimum Gasteiger partial charge on any atom is -0.507 e. The monoisotopic (exact) mass is 351 g/mol. The van der Waals surface area contributed by atoms with Crippen LogP contribution in [0.5, 0.6) is 11.5 Å². The topological polar surface area (TPSA) is 81.3 Å². The molecule has 130 valence electrons. The molecular formula is C16H12F3N3O3. The summed E-state index contributed by atoms with van der Waals surface area (Å²) in [4.78, 5) is 7.62. The molecule has 3 aromatic rings. The molecule has 9 heteroatoms. The zero-order valence-corrected chi connectivity index (χ0v) is 12.9. The van der Waals surface area contributed by atoms with Crippen molar-refractivity contribution in [2.45, 2.75) is 13.1 Å². The Bertz CT molecular complexity index is 894. The first kappa shape index (κ1) is 16.7. The molecule has 0 aliphatic rings. The molecule has 0 spiro atoms. The largest absolute Gasteiger partial charge is 0.507 e. The second-order valence-corrected chi connectivity index (χ2v) is 4.93. The van der Waals surface area contributed by atoms with Crippen LogP contribution in [0.2, 0.25) is 0 Å². The fourth-order valence-electron chi connectivity index (χ4n) is 2.19. The van der Waals surface area contributed by atoms with E-state index in [0.717, 1.165) is 6.07 Å². The van der Waals surface area contributed by atoms with E-state index >= 15 is 0 Å². The third kappa shape index (κ3) is 3.39. The van der Waals surface area contributed by atoms with E-state index in [1.807, 2.05) is 0 Å². The molecule has 3 rings (SSSR count). The standard InChI is InChI=1S/C16H12F3N3O3/c1-2-24-9-5-6-10(12(23)8-9)15-21-14(22-25-15)13-11(16(17,18)19)4-3-7-20-13/h3-8,23H,2H2,1H3. The maximum Gasteiger partial charge on any atom is 0.418 e. The lowest BCUT2D eigenvalue weighted by Gasteiger charge is -2.08. The van der Waals surface area contributed by atoms with Gasteiger partial charge in [-0.2, -0.15) is 18.2 Å². The van der Waals surface area contributed by atoms with Crippen molar-refractivity contribution in [3.8, 4) is 34.5 Å². The Morgan fingerprint density at radius 3 is 2.72 bits per heavy atom. The molecule has 0 amide bonds. The fourth-order valence-corrected chi connectivity index (χ4v) is 2.19. The quantitative estimate of drug-likeness (QED) is 0.767. The van der Waals surface area contributed by atoms with Crippen LogP contribution in [0, 0.1) is 0 Å². The Morgan fingerprint density at radius 1 is 1.24 bits per heavy atom. The first-order valence-corrected chi connectivity index (χ1v) is 7.22. The number of nitrogens with zero attached hydrogens (tertiary/aromatic N) is 3. The summed E-state index contributed by atoms with van der Waals surface area (Å²) >= 11 is 0. The minimum atomic E-state index is -4.61. The molecule has 0 fully saturated rings. The molecule has 0 unspecified atom stereocenters. The highest BCUT2D eigenvalue weighted by molar-refractivity contribution is 5.66. The summed E-state index contributed by atoms with van der Waals surface area (Å²) in [7, 11) is 0. The summed E-state index contributed by atoms with van der Waals surface area (Å²) < 4.78 is 49.4. The van der Waals surface area contributed by atoms with E-state index in [4.69, 9.17) is 9.26 Å². The van der Waals surface area contributed by atoms with Gasteiger partial charge in [-0.1, -0.05) is 5.16 Å². The molecule has 0 aliphatic heterocycles. The lowest BCUT2D eigenvalue weighted by Crippen LogP contribution is -2.08. The van der Waals surface area contributed by atoms with Crippen molar-refractivity contribution in [3.05, 3.63) is 42.1 Å². The second-order valence-electron chi connectivity index (χ2n) is 4.93. The van der Waals surface area contributed by atoms with Gasteiger partial charge in [-0.05, 0) is 31.2 Å². The number of ether oxygens (including phenoxy) is 1. The summed E-state index contributed by atoms with van der Waals surface area (Å²) in [5.41, 5.74) is -1.25. The van der Waals surface area contributed by atoms with E-state index in [0.29, 0.717) is 12.4 Å². The number of aromatic hydroxyl groups is 1. The maximum atomic E-state index is 13.1. The lowest BCUT2D eigenvalue weighted by molar-refractivity contribution is -0.137. The average molecular weight is 351 g/mol. The Labute approximate surface area is 139 Å². The van der Waals surface area contributed by atoms with E-state index in [9.17, 15) is 18.3 Å². The second kappa shape index (κ2) is 6.42. The van der Waals surface area contributed by atoms with E-state index in [-0.39, 0.29) is 23.0 Å². The number of halogens is 3. The van der Waals surface area contributed by atoms with Crippen LogP contribution in [-0.2, 0) is 6.18 Å². The summed E-state index contributed by atoms with van der Waals surface area (Å²) in [6.45, 7) is 2.21. The van der Waals surface area contributed by atoms with Crippen LogP contribution in [0.1, 0.15) is 12.5 Å². The van der Waals surface area contributed by atoms with E-state index in [1.165, 1.54) is 24.4 Å². The van der Waals surface area contributed by atoms with E-state index < -0.39 is 17.4 Å². The first-order chi connectivity index (χ1) is 11.9. The van der Waals surface area contributed by atoms with Crippen LogP contribution >= 0.6 is 0 Å². The summed E-state index contributed by atoms with van der Waals surface area (Å²) in [6, 6.07) is 6.45. The summed E-state index contributed by atoms with van der Waals surface area (Å²) in [6.07, 6.45) is -3.40. The number of alkyl halides is 3. The van der Waals surface area contributed by atoms with Gasteiger partial charge in [0.2, 0.25) is 5.82 Å². The highest BCUT2D eigenvalue weighted by Crippen LogP contribution is 2.36. The van der Waals surface area contributed by atoms with Crippen molar-refractivity contribution in [3.63, 3.8) is 0 Å². The Hall–Kier alpha value is -3.10. The Balaban J connectivity index is 2.00. The van der Waals surface area contributed by atoms with Gasteiger partial charge in [-0.15, -0.1) is 0 Å². The molecule has 0 bridgehead atoms. The van der Waals surface area contributed by atoms with Crippen molar-refractivity contribution < 1.29 is 27.5 Å². The number of aromatic nitrogens is 3. The van der Waals surface area contributed by atoms with Crippen LogP contribution in [0.3, 0.4) is 0 Å². The van der Waals surface area contributed by atoms with Crippen molar-refractivity contribution in [1.29, 1.82) is 0 Å². The van der Waals surface area contributed by atoms with Gasteiger partial charge in [0, 0.05) is 12.3 Å². The zero-order valence-electron chi connectivity index (χ0n) is 12.9. The Kier molecular flexibility index (Phi) is 4.30. The van der Waals surface area contributed by atoms with Crippen LogP contribution < -0.4 is 4.74 Å². The molecule has 0 saturated carbocycles. The van der Waals surface area contributed by atoms with Gasteiger partial charge in [0.1, 0.15) is 17.2 Å². The number of benzene rings is 1. The van der Waals surface area contributed by atoms with Gasteiger partial charge in [-0.25, -0.2) is 0 Å². The molecule has 1 aromatic carbocycles. The maximum absolute atomic E-state index is 13.1. The molecule has 0 saturated heterocycles. The van der Waals surface area contributed by atoms with E-state index in [1.54, 1.807) is 13.0 Å². The number of phenols is 1. The highest BCUT2D eigenvalue weighted by Gasteiger charge is 2.35. The average Bonchev–Trinajstić information content (AvgIpc) is 3.04. The number of pyridine rings is 1. The van der Waals surface area contributed by atoms with Crippen LogP contribution in [0.15, 0.2) is 41.1 Å². The predicted octanol–water partition coefficient (Wildman–Crippen LogP) is 3.92. The van der Waals surface area contributed by atoms with Gasteiger partial charge >= 0.3 is 6.18 Å². The normalized spacial score (nSPS) is 11.5. The number of phenolic OH excluding ortho intramolecular Hbond substituents is 1. The molecule has 0 atom stereocenters. The van der Waals surface area contributed by atoms with Gasteiger partial charge in [-0.3, -0.25) is 4.98 Å².